The van der Waals surface area contributed by atoms with Crippen LogP contribution < -0.4 is 15.4 Å². The van der Waals surface area contributed by atoms with Crippen molar-refractivity contribution in [2.45, 2.75) is 30.7 Å². The van der Waals surface area contributed by atoms with E-state index in [0.717, 1.165) is 19.6 Å². The summed E-state index contributed by atoms with van der Waals surface area (Å²) in [5.74, 6) is -0.178. The molecule has 2 fully saturated rings. The van der Waals surface area contributed by atoms with Crippen LogP contribution in [0.1, 0.15) is 19.8 Å². The number of amides is 2. The summed E-state index contributed by atoms with van der Waals surface area (Å²) >= 11 is 0. The molecule has 0 aromatic heterocycles. The van der Waals surface area contributed by atoms with E-state index in [1.807, 2.05) is 0 Å². The van der Waals surface area contributed by atoms with Crippen LogP contribution >= 0.6 is 0 Å². The van der Waals surface area contributed by atoms with Gasteiger partial charge in [0.05, 0.1) is 25.2 Å². The minimum absolute atomic E-state index is 0.202. The highest BCUT2D eigenvalue weighted by atomic mass is 32.2. The smallest absolute Gasteiger partial charge is 0.243 e. The second-order valence-corrected chi connectivity index (χ2v) is 10.3. The first-order valence-electron chi connectivity index (χ1n) is 11.3. The first kappa shape index (κ1) is 25.4. The van der Waals surface area contributed by atoms with Gasteiger partial charge < -0.3 is 20.1 Å². The van der Waals surface area contributed by atoms with Crippen LogP contribution in [0.4, 0.5) is 0 Å². The third kappa shape index (κ3) is 6.89. The molecule has 2 N–H and O–H groups in total. The number of hydrogen-bond acceptors (Lipinski definition) is 7. The Labute approximate surface area is 195 Å². The summed E-state index contributed by atoms with van der Waals surface area (Å²) in [5.41, 5.74) is 0. The lowest BCUT2D eigenvalue weighted by molar-refractivity contribution is -0.131. The van der Waals surface area contributed by atoms with Crippen molar-refractivity contribution in [1.82, 2.24) is 19.8 Å². The SMILES string of the molecule is COc1ccc(S(=O)(=O)N2CCC(C(=O)NC(C)C(=O)NCCN3CCOCC3)CC2)cc1. The van der Waals surface area contributed by atoms with Gasteiger partial charge in [-0.15, -0.1) is 0 Å². The summed E-state index contributed by atoms with van der Waals surface area (Å²) in [6.45, 7) is 6.56. The maximum atomic E-state index is 12.9. The Morgan fingerprint density at radius 1 is 1.12 bits per heavy atom. The molecular formula is C22H34N4O6S. The number of hydrogen-bond donors (Lipinski definition) is 2. The molecule has 184 valence electrons. The summed E-state index contributed by atoms with van der Waals surface area (Å²) in [4.78, 5) is 27.4. The maximum Gasteiger partial charge on any atom is 0.243 e. The number of nitrogens with zero attached hydrogens (tertiary/aromatic N) is 2. The van der Waals surface area contributed by atoms with E-state index in [1.54, 1.807) is 19.1 Å². The number of benzene rings is 1. The molecule has 1 unspecified atom stereocenters. The summed E-state index contributed by atoms with van der Waals surface area (Å²) in [6.07, 6.45) is 0.819. The van der Waals surface area contributed by atoms with Crippen LogP contribution in [-0.4, -0.2) is 95.1 Å². The molecule has 11 heteroatoms. The quantitative estimate of drug-likeness (QED) is 0.511. The number of piperidine rings is 1. The molecule has 0 spiro atoms. The van der Waals surface area contributed by atoms with Crippen LogP contribution in [0, 0.1) is 5.92 Å². The highest BCUT2D eigenvalue weighted by Crippen LogP contribution is 2.25. The van der Waals surface area contributed by atoms with Crippen molar-refractivity contribution < 1.29 is 27.5 Å². The van der Waals surface area contributed by atoms with Gasteiger partial charge in [-0.3, -0.25) is 14.5 Å². The number of rotatable bonds is 9. The molecule has 0 aliphatic carbocycles. The van der Waals surface area contributed by atoms with Crippen LogP contribution in [0.15, 0.2) is 29.2 Å². The average molecular weight is 483 g/mol. The lowest BCUT2D eigenvalue weighted by atomic mass is 9.97. The lowest BCUT2D eigenvalue weighted by Gasteiger charge is -2.31. The van der Waals surface area contributed by atoms with Crippen LogP contribution in [-0.2, 0) is 24.3 Å². The fourth-order valence-corrected chi connectivity index (χ4v) is 5.44. The van der Waals surface area contributed by atoms with Crippen molar-refractivity contribution in [1.29, 1.82) is 0 Å². The standard InChI is InChI=1S/C22H34N4O6S/c1-17(21(27)23-9-12-25-13-15-32-16-14-25)24-22(28)18-7-10-26(11-8-18)33(29,30)20-5-3-19(31-2)4-6-20/h3-6,17-18H,7-16H2,1-2H3,(H,23,27)(H,24,28). The van der Waals surface area contributed by atoms with E-state index in [-0.39, 0.29) is 35.7 Å². The van der Waals surface area contributed by atoms with Gasteiger partial charge in [0.1, 0.15) is 11.8 Å². The zero-order valence-electron chi connectivity index (χ0n) is 19.3. The molecule has 2 saturated heterocycles. The molecular weight excluding hydrogens is 448 g/mol. The Balaban J connectivity index is 1.42. The topological polar surface area (TPSA) is 117 Å². The van der Waals surface area contributed by atoms with E-state index in [2.05, 4.69) is 15.5 Å². The van der Waals surface area contributed by atoms with Crippen molar-refractivity contribution >= 4 is 21.8 Å². The number of carbonyl (C=O) groups is 2. The van der Waals surface area contributed by atoms with Crippen LogP contribution in [0.5, 0.6) is 5.75 Å². The number of sulfonamides is 1. The minimum Gasteiger partial charge on any atom is -0.497 e. The van der Waals surface area contributed by atoms with Gasteiger partial charge in [0.25, 0.3) is 0 Å². The second-order valence-electron chi connectivity index (χ2n) is 8.33. The average Bonchev–Trinajstić information content (AvgIpc) is 2.84. The predicted molar refractivity (Wildman–Crippen MR) is 122 cm³/mol. The number of ether oxygens (including phenoxy) is 2. The van der Waals surface area contributed by atoms with E-state index in [9.17, 15) is 18.0 Å². The molecule has 33 heavy (non-hydrogen) atoms. The molecule has 2 heterocycles. The molecule has 2 amide bonds. The Morgan fingerprint density at radius 2 is 1.76 bits per heavy atom. The Morgan fingerprint density at radius 3 is 2.36 bits per heavy atom. The normalized spacial score (nSPS) is 19.6. The van der Waals surface area contributed by atoms with Gasteiger partial charge in [-0.2, -0.15) is 4.31 Å². The molecule has 1 aromatic rings. The van der Waals surface area contributed by atoms with Crippen molar-refractivity contribution in [2.75, 3.05) is 59.6 Å². The molecule has 10 nitrogen and oxygen atoms in total. The molecule has 0 saturated carbocycles. The highest BCUT2D eigenvalue weighted by molar-refractivity contribution is 7.89. The Bertz CT molecular complexity index is 894. The van der Waals surface area contributed by atoms with Gasteiger partial charge in [-0.05, 0) is 44.0 Å². The largest absolute Gasteiger partial charge is 0.497 e. The zero-order valence-corrected chi connectivity index (χ0v) is 20.1. The Hall–Kier alpha value is -2.21. The molecule has 3 rings (SSSR count). The fraction of sp³-hybridized carbons (Fsp3) is 0.636. The molecule has 2 aliphatic heterocycles. The first-order chi connectivity index (χ1) is 15.8. The van der Waals surface area contributed by atoms with Gasteiger partial charge in [-0.25, -0.2) is 8.42 Å². The van der Waals surface area contributed by atoms with E-state index in [0.29, 0.717) is 38.3 Å². The van der Waals surface area contributed by atoms with Gasteiger partial charge in [0.2, 0.25) is 21.8 Å². The number of nitrogens with one attached hydrogen (secondary N) is 2. The van der Waals surface area contributed by atoms with Crippen LogP contribution in [0.2, 0.25) is 0 Å². The second kappa shape index (κ2) is 11.8. The highest BCUT2D eigenvalue weighted by Gasteiger charge is 2.33. The lowest BCUT2D eigenvalue weighted by Crippen LogP contribution is -2.50. The number of carbonyl (C=O) groups excluding carboxylic acids is 2. The molecule has 0 radical (unpaired) electrons. The van der Waals surface area contributed by atoms with Gasteiger partial charge in [0.15, 0.2) is 0 Å². The van der Waals surface area contributed by atoms with Crippen LogP contribution in [0.25, 0.3) is 0 Å². The van der Waals surface area contributed by atoms with Crippen molar-refractivity contribution in [2.24, 2.45) is 5.92 Å². The Kier molecular flexibility index (Phi) is 9.07. The predicted octanol–water partition coefficient (Wildman–Crippen LogP) is 0.0490. The maximum absolute atomic E-state index is 12.9. The summed E-state index contributed by atoms with van der Waals surface area (Å²) in [7, 11) is -2.10. The van der Waals surface area contributed by atoms with Crippen molar-refractivity contribution in [3.63, 3.8) is 0 Å². The summed E-state index contributed by atoms with van der Waals surface area (Å²) in [6, 6.07) is 5.61. The molecule has 1 atom stereocenters. The van der Waals surface area contributed by atoms with Gasteiger partial charge in [-0.1, -0.05) is 0 Å². The van der Waals surface area contributed by atoms with E-state index >= 15 is 0 Å². The summed E-state index contributed by atoms with van der Waals surface area (Å²) in [5, 5.41) is 5.63. The molecule has 1 aromatic carbocycles. The summed E-state index contributed by atoms with van der Waals surface area (Å²) < 4.78 is 37.5. The van der Waals surface area contributed by atoms with E-state index in [4.69, 9.17) is 9.47 Å². The van der Waals surface area contributed by atoms with Crippen molar-refractivity contribution in [3.05, 3.63) is 24.3 Å². The van der Waals surface area contributed by atoms with Crippen LogP contribution in [0.3, 0.4) is 0 Å². The van der Waals surface area contributed by atoms with Gasteiger partial charge >= 0.3 is 0 Å². The fourth-order valence-electron chi connectivity index (χ4n) is 3.97. The van der Waals surface area contributed by atoms with Crippen molar-refractivity contribution in [3.8, 4) is 5.75 Å². The third-order valence-electron chi connectivity index (χ3n) is 6.10. The van der Waals surface area contributed by atoms with Gasteiger partial charge in [0, 0.05) is 45.2 Å². The first-order valence-corrected chi connectivity index (χ1v) is 12.8. The zero-order chi connectivity index (χ0) is 23.8. The number of methoxy groups -OCH3 is 1. The molecule has 0 bridgehead atoms. The monoisotopic (exact) mass is 482 g/mol. The third-order valence-corrected chi connectivity index (χ3v) is 8.02. The van der Waals surface area contributed by atoms with E-state index in [1.165, 1.54) is 23.5 Å². The minimum atomic E-state index is -3.62. The van der Waals surface area contributed by atoms with E-state index < -0.39 is 16.1 Å². The number of morpholine rings is 1. The molecule has 2 aliphatic rings.